The Morgan fingerprint density at radius 1 is 1.25 bits per heavy atom. The second-order valence-corrected chi connectivity index (χ2v) is 5.56. The summed E-state index contributed by atoms with van der Waals surface area (Å²) in [4.78, 5) is 23.0. The molecule has 5 nitrogen and oxygen atoms in total. The standard InChI is InChI=1S/C13H18ClN3O2.ClH/c1-13(2,3)12(19)17-10-5-4-8(6-9(10)14)16-11(18)7-15;/h4-6H,7,15H2,1-3H3,(H,16,18)(H,17,19);1H. The van der Waals surface area contributed by atoms with Crippen LogP contribution in [-0.4, -0.2) is 18.4 Å². The second-order valence-electron chi connectivity index (χ2n) is 5.15. The molecule has 4 N–H and O–H groups in total. The minimum Gasteiger partial charge on any atom is -0.325 e. The predicted molar refractivity (Wildman–Crippen MR) is 84.5 cm³/mol. The van der Waals surface area contributed by atoms with E-state index in [0.717, 1.165) is 0 Å². The molecule has 0 aliphatic heterocycles. The molecule has 0 spiro atoms. The van der Waals surface area contributed by atoms with Crippen LogP contribution in [0.4, 0.5) is 11.4 Å². The zero-order valence-corrected chi connectivity index (χ0v) is 13.2. The fourth-order valence-electron chi connectivity index (χ4n) is 1.22. The Balaban J connectivity index is 0.00000361. The Kier molecular flexibility index (Phi) is 6.99. The third-order valence-corrected chi connectivity index (χ3v) is 2.68. The van der Waals surface area contributed by atoms with Crippen molar-refractivity contribution in [2.45, 2.75) is 20.8 Å². The van der Waals surface area contributed by atoms with Crippen LogP contribution in [0, 0.1) is 5.41 Å². The molecule has 0 unspecified atom stereocenters. The molecule has 1 aromatic carbocycles. The summed E-state index contributed by atoms with van der Waals surface area (Å²) in [7, 11) is 0. The minimum atomic E-state index is -0.504. The van der Waals surface area contributed by atoms with Gasteiger partial charge in [0.2, 0.25) is 11.8 Å². The van der Waals surface area contributed by atoms with Crippen LogP contribution in [0.5, 0.6) is 0 Å². The summed E-state index contributed by atoms with van der Waals surface area (Å²) < 4.78 is 0. The smallest absolute Gasteiger partial charge is 0.238 e. The molecular formula is C13H19Cl2N3O2. The fourth-order valence-corrected chi connectivity index (χ4v) is 1.44. The Hall–Kier alpha value is -1.30. The number of amides is 2. The quantitative estimate of drug-likeness (QED) is 0.800. The molecular weight excluding hydrogens is 301 g/mol. The third kappa shape index (κ3) is 5.36. The number of nitrogens with one attached hydrogen (secondary N) is 2. The summed E-state index contributed by atoms with van der Waals surface area (Å²) in [6.07, 6.45) is 0. The Morgan fingerprint density at radius 3 is 2.30 bits per heavy atom. The highest BCUT2D eigenvalue weighted by molar-refractivity contribution is 6.34. The largest absolute Gasteiger partial charge is 0.325 e. The normalized spacial score (nSPS) is 10.4. The number of carbonyl (C=O) groups is 2. The second kappa shape index (κ2) is 7.47. The van der Waals surface area contributed by atoms with Gasteiger partial charge in [-0.1, -0.05) is 32.4 Å². The molecule has 112 valence electrons. The lowest BCUT2D eigenvalue weighted by Crippen LogP contribution is -2.27. The maximum Gasteiger partial charge on any atom is 0.238 e. The summed E-state index contributed by atoms with van der Waals surface area (Å²) in [5, 5.41) is 5.67. The van der Waals surface area contributed by atoms with E-state index in [0.29, 0.717) is 16.4 Å². The molecule has 0 aliphatic carbocycles. The molecule has 20 heavy (non-hydrogen) atoms. The van der Waals surface area contributed by atoms with Gasteiger partial charge in [0.25, 0.3) is 0 Å². The van der Waals surface area contributed by atoms with Crippen molar-refractivity contribution in [1.82, 2.24) is 0 Å². The van der Waals surface area contributed by atoms with Gasteiger partial charge in [0, 0.05) is 11.1 Å². The van der Waals surface area contributed by atoms with Crippen LogP contribution in [0.2, 0.25) is 5.02 Å². The van der Waals surface area contributed by atoms with Gasteiger partial charge in [-0.15, -0.1) is 12.4 Å². The molecule has 0 saturated heterocycles. The van der Waals surface area contributed by atoms with Gasteiger partial charge in [-0.3, -0.25) is 9.59 Å². The van der Waals surface area contributed by atoms with Crippen LogP contribution < -0.4 is 16.4 Å². The van der Waals surface area contributed by atoms with Crippen LogP contribution >= 0.6 is 24.0 Å². The van der Waals surface area contributed by atoms with Crippen molar-refractivity contribution < 1.29 is 9.59 Å². The average Bonchev–Trinajstić information content (AvgIpc) is 2.31. The van der Waals surface area contributed by atoms with E-state index in [4.69, 9.17) is 17.3 Å². The topological polar surface area (TPSA) is 84.2 Å². The summed E-state index contributed by atoms with van der Waals surface area (Å²) >= 11 is 6.05. The molecule has 1 rings (SSSR count). The van der Waals surface area contributed by atoms with Crippen LogP contribution in [0.25, 0.3) is 0 Å². The van der Waals surface area contributed by atoms with Crippen molar-refractivity contribution >= 4 is 47.2 Å². The highest BCUT2D eigenvalue weighted by Crippen LogP contribution is 2.27. The van der Waals surface area contributed by atoms with Gasteiger partial charge in [0.05, 0.1) is 17.3 Å². The molecule has 0 aliphatic rings. The molecule has 1 aromatic rings. The van der Waals surface area contributed by atoms with Gasteiger partial charge in [-0.05, 0) is 18.2 Å². The van der Waals surface area contributed by atoms with Crippen LogP contribution in [0.15, 0.2) is 18.2 Å². The van der Waals surface area contributed by atoms with Gasteiger partial charge in [-0.25, -0.2) is 0 Å². The monoisotopic (exact) mass is 319 g/mol. The van der Waals surface area contributed by atoms with E-state index in [-0.39, 0.29) is 30.8 Å². The first-order valence-corrected chi connectivity index (χ1v) is 6.23. The van der Waals surface area contributed by atoms with Crippen LogP contribution in [0.1, 0.15) is 20.8 Å². The number of benzene rings is 1. The number of nitrogens with two attached hydrogens (primary N) is 1. The third-order valence-electron chi connectivity index (χ3n) is 2.37. The number of rotatable bonds is 3. The van der Waals surface area contributed by atoms with E-state index < -0.39 is 5.41 Å². The van der Waals surface area contributed by atoms with Crippen molar-refractivity contribution in [2.24, 2.45) is 11.1 Å². The van der Waals surface area contributed by atoms with E-state index in [9.17, 15) is 9.59 Å². The summed E-state index contributed by atoms with van der Waals surface area (Å²) in [5.74, 6) is -0.435. The van der Waals surface area contributed by atoms with E-state index in [1.54, 1.807) is 18.2 Å². The van der Waals surface area contributed by atoms with Crippen LogP contribution in [0.3, 0.4) is 0 Å². The Labute approximate surface area is 129 Å². The van der Waals surface area contributed by atoms with E-state index in [1.165, 1.54) is 0 Å². The lowest BCUT2D eigenvalue weighted by atomic mass is 9.95. The molecule has 0 fully saturated rings. The zero-order chi connectivity index (χ0) is 14.6. The first kappa shape index (κ1) is 18.7. The maximum absolute atomic E-state index is 11.8. The van der Waals surface area contributed by atoms with Crippen molar-refractivity contribution in [1.29, 1.82) is 0 Å². The first-order valence-electron chi connectivity index (χ1n) is 5.85. The van der Waals surface area contributed by atoms with Crippen molar-refractivity contribution in [2.75, 3.05) is 17.2 Å². The van der Waals surface area contributed by atoms with Gasteiger partial charge in [0.15, 0.2) is 0 Å². The molecule has 0 atom stereocenters. The summed E-state index contributed by atoms with van der Waals surface area (Å²) in [6, 6.07) is 4.85. The van der Waals surface area contributed by atoms with E-state index >= 15 is 0 Å². The molecule has 0 heterocycles. The number of anilines is 2. The molecule has 7 heteroatoms. The van der Waals surface area contributed by atoms with Gasteiger partial charge in [0.1, 0.15) is 0 Å². The van der Waals surface area contributed by atoms with Gasteiger partial charge >= 0.3 is 0 Å². The number of hydrogen-bond acceptors (Lipinski definition) is 3. The molecule has 0 radical (unpaired) electrons. The van der Waals surface area contributed by atoms with Crippen LogP contribution in [-0.2, 0) is 9.59 Å². The zero-order valence-electron chi connectivity index (χ0n) is 11.6. The number of hydrogen-bond donors (Lipinski definition) is 3. The van der Waals surface area contributed by atoms with Gasteiger partial charge < -0.3 is 16.4 Å². The average molecular weight is 320 g/mol. The van der Waals surface area contributed by atoms with Crippen molar-refractivity contribution in [3.05, 3.63) is 23.2 Å². The Bertz CT molecular complexity index is 499. The Morgan fingerprint density at radius 2 is 1.85 bits per heavy atom. The minimum absolute atomic E-state index is 0. The fraction of sp³-hybridized carbons (Fsp3) is 0.385. The van der Waals surface area contributed by atoms with Gasteiger partial charge in [-0.2, -0.15) is 0 Å². The highest BCUT2D eigenvalue weighted by atomic mass is 35.5. The van der Waals surface area contributed by atoms with Crippen molar-refractivity contribution in [3.63, 3.8) is 0 Å². The molecule has 0 saturated carbocycles. The molecule has 0 bridgehead atoms. The predicted octanol–water partition coefficient (Wildman–Crippen LogP) is 2.64. The number of halogens is 2. The van der Waals surface area contributed by atoms with E-state index in [2.05, 4.69) is 10.6 Å². The van der Waals surface area contributed by atoms with E-state index in [1.807, 2.05) is 20.8 Å². The maximum atomic E-state index is 11.8. The number of carbonyl (C=O) groups excluding carboxylic acids is 2. The SMILES string of the molecule is CC(C)(C)C(=O)Nc1ccc(NC(=O)CN)cc1Cl.Cl. The lowest BCUT2D eigenvalue weighted by Gasteiger charge is -2.18. The summed E-state index contributed by atoms with van der Waals surface area (Å²) in [6.45, 7) is 5.34. The summed E-state index contributed by atoms with van der Waals surface area (Å²) in [5.41, 5.74) is 5.74. The first-order chi connectivity index (χ1) is 8.74. The highest BCUT2D eigenvalue weighted by Gasteiger charge is 2.21. The molecule has 2 amide bonds. The lowest BCUT2D eigenvalue weighted by molar-refractivity contribution is -0.123. The molecule has 0 aromatic heterocycles. The van der Waals surface area contributed by atoms with Crippen molar-refractivity contribution in [3.8, 4) is 0 Å².